The van der Waals surface area contributed by atoms with Gasteiger partial charge in [0.05, 0.1) is 17.1 Å². The quantitative estimate of drug-likeness (QED) is 0.857. The summed E-state index contributed by atoms with van der Waals surface area (Å²) in [7, 11) is 0. The van der Waals surface area contributed by atoms with Crippen LogP contribution in [-0.2, 0) is 6.54 Å². The van der Waals surface area contributed by atoms with Gasteiger partial charge in [0.2, 0.25) is 0 Å². The Morgan fingerprint density at radius 1 is 1.30 bits per heavy atom. The van der Waals surface area contributed by atoms with Crippen LogP contribution in [0.3, 0.4) is 0 Å². The number of hydrogen-bond acceptors (Lipinski definition) is 2. The van der Waals surface area contributed by atoms with Gasteiger partial charge in [-0.05, 0) is 43.4 Å². The van der Waals surface area contributed by atoms with E-state index in [0.29, 0.717) is 5.92 Å². The van der Waals surface area contributed by atoms with Gasteiger partial charge >= 0.3 is 0 Å². The van der Waals surface area contributed by atoms with Crippen LogP contribution in [0.2, 0.25) is 0 Å². The highest BCUT2D eigenvalue weighted by molar-refractivity contribution is 5.77. The largest absolute Gasteiger partial charge is 0.327 e. The van der Waals surface area contributed by atoms with Gasteiger partial charge in [-0.1, -0.05) is 33.3 Å². The third-order valence-corrected chi connectivity index (χ3v) is 3.73. The number of rotatable bonds is 6. The van der Waals surface area contributed by atoms with Gasteiger partial charge in [-0.15, -0.1) is 0 Å². The van der Waals surface area contributed by atoms with Crippen molar-refractivity contribution in [3.8, 4) is 0 Å². The number of imidazole rings is 1. The fourth-order valence-electron chi connectivity index (χ4n) is 2.71. The van der Waals surface area contributed by atoms with E-state index in [-0.39, 0.29) is 6.04 Å². The van der Waals surface area contributed by atoms with Crippen molar-refractivity contribution in [2.75, 3.05) is 0 Å². The molecule has 0 spiro atoms. The third kappa shape index (κ3) is 3.21. The molecule has 0 aliphatic rings. The molecule has 0 aliphatic carbocycles. The Morgan fingerprint density at radius 2 is 2.05 bits per heavy atom. The van der Waals surface area contributed by atoms with E-state index in [1.54, 1.807) is 0 Å². The van der Waals surface area contributed by atoms with E-state index in [2.05, 4.69) is 50.5 Å². The minimum Gasteiger partial charge on any atom is -0.327 e. The van der Waals surface area contributed by atoms with Crippen LogP contribution in [0.5, 0.6) is 0 Å². The van der Waals surface area contributed by atoms with Crippen LogP contribution in [0.25, 0.3) is 11.0 Å². The molecule has 3 heteroatoms. The molecule has 1 atom stereocenters. The minimum absolute atomic E-state index is 0.0274. The van der Waals surface area contributed by atoms with E-state index >= 15 is 0 Å². The molecule has 0 saturated carbocycles. The molecule has 3 nitrogen and oxygen atoms in total. The zero-order chi connectivity index (χ0) is 14.7. The van der Waals surface area contributed by atoms with Gasteiger partial charge in [-0.25, -0.2) is 4.98 Å². The molecular formula is C17H27N3. The Bertz CT molecular complexity index is 569. The van der Waals surface area contributed by atoms with E-state index in [1.165, 1.54) is 23.9 Å². The van der Waals surface area contributed by atoms with Crippen molar-refractivity contribution >= 4 is 11.0 Å². The van der Waals surface area contributed by atoms with Gasteiger partial charge in [0, 0.05) is 6.54 Å². The first-order valence-corrected chi connectivity index (χ1v) is 7.75. The number of hydrogen-bond donors (Lipinski definition) is 1. The zero-order valence-corrected chi connectivity index (χ0v) is 13.2. The first kappa shape index (κ1) is 15.0. The summed E-state index contributed by atoms with van der Waals surface area (Å²) in [6.45, 7) is 9.76. The van der Waals surface area contributed by atoms with Crippen molar-refractivity contribution in [2.24, 2.45) is 11.7 Å². The Morgan fingerprint density at radius 3 is 2.70 bits per heavy atom. The van der Waals surface area contributed by atoms with Gasteiger partial charge in [-0.3, -0.25) is 0 Å². The lowest BCUT2D eigenvalue weighted by molar-refractivity contribution is 0.472. The van der Waals surface area contributed by atoms with Gasteiger partial charge in [0.15, 0.2) is 0 Å². The van der Waals surface area contributed by atoms with Gasteiger partial charge < -0.3 is 10.3 Å². The van der Waals surface area contributed by atoms with Crippen LogP contribution in [0.4, 0.5) is 0 Å². The molecule has 2 aromatic rings. The second-order valence-electron chi connectivity index (χ2n) is 6.20. The summed E-state index contributed by atoms with van der Waals surface area (Å²) in [5.41, 5.74) is 9.94. The molecule has 2 N–H and O–H groups in total. The fraction of sp³-hybridized carbons (Fsp3) is 0.588. The Kier molecular flexibility index (Phi) is 4.81. The molecule has 1 heterocycles. The van der Waals surface area contributed by atoms with Crippen molar-refractivity contribution in [1.82, 2.24) is 9.55 Å². The summed E-state index contributed by atoms with van der Waals surface area (Å²) in [5.74, 6) is 1.64. The summed E-state index contributed by atoms with van der Waals surface area (Å²) in [6, 6.07) is 6.52. The normalized spacial score (nSPS) is 13.3. The van der Waals surface area contributed by atoms with Crippen molar-refractivity contribution < 1.29 is 0 Å². The van der Waals surface area contributed by atoms with Crippen molar-refractivity contribution in [3.05, 3.63) is 29.6 Å². The molecule has 1 unspecified atom stereocenters. The maximum Gasteiger partial charge on any atom is 0.126 e. The van der Waals surface area contributed by atoms with Gasteiger partial charge in [-0.2, -0.15) is 0 Å². The van der Waals surface area contributed by atoms with Crippen LogP contribution in [0.1, 0.15) is 57.5 Å². The summed E-state index contributed by atoms with van der Waals surface area (Å²) in [6.07, 6.45) is 3.33. The van der Waals surface area contributed by atoms with E-state index in [0.717, 1.165) is 24.3 Å². The number of nitrogens with zero attached hydrogens (tertiary/aromatic N) is 2. The fourth-order valence-corrected chi connectivity index (χ4v) is 2.71. The maximum atomic E-state index is 6.39. The first-order chi connectivity index (χ1) is 9.52. The lowest BCUT2D eigenvalue weighted by Gasteiger charge is -2.16. The van der Waals surface area contributed by atoms with Crippen molar-refractivity contribution in [2.45, 2.75) is 59.5 Å². The molecule has 0 bridgehead atoms. The Balaban J connectivity index is 2.44. The van der Waals surface area contributed by atoms with E-state index in [4.69, 9.17) is 10.7 Å². The van der Waals surface area contributed by atoms with E-state index in [9.17, 15) is 0 Å². The lowest BCUT2D eigenvalue weighted by atomic mass is 10.0. The van der Waals surface area contributed by atoms with Crippen LogP contribution < -0.4 is 5.73 Å². The molecular weight excluding hydrogens is 246 g/mol. The van der Waals surface area contributed by atoms with Crippen LogP contribution in [-0.4, -0.2) is 9.55 Å². The molecule has 2 rings (SSSR count). The summed E-state index contributed by atoms with van der Waals surface area (Å²) >= 11 is 0. The van der Waals surface area contributed by atoms with Gasteiger partial charge in [0.1, 0.15) is 5.82 Å². The Hall–Kier alpha value is -1.35. The van der Waals surface area contributed by atoms with Crippen LogP contribution in [0.15, 0.2) is 18.2 Å². The molecule has 20 heavy (non-hydrogen) atoms. The molecule has 0 aliphatic heterocycles. The maximum absolute atomic E-state index is 6.39. The highest BCUT2D eigenvalue weighted by atomic mass is 15.1. The molecule has 110 valence electrons. The number of nitrogens with two attached hydrogens (primary N) is 1. The number of benzene rings is 1. The molecule has 0 radical (unpaired) electrons. The Labute approximate surface area is 122 Å². The van der Waals surface area contributed by atoms with E-state index in [1.807, 2.05) is 0 Å². The van der Waals surface area contributed by atoms with E-state index < -0.39 is 0 Å². The molecule has 0 fully saturated rings. The number of fused-ring (bicyclic) bond motifs is 1. The lowest BCUT2D eigenvalue weighted by Crippen LogP contribution is -2.18. The number of unbranched alkanes of at least 4 members (excludes halogenated alkanes) is 1. The van der Waals surface area contributed by atoms with Crippen molar-refractivity contribution in [1.29, 1.82) is 0 Å². The molecule has 1 aromatic heterocycles. The standard InChI is InChI=1S/C17H27N3/c1-5-6-9-20-16-8-7-13(4)11-15(16)19-17(20)14(18)10-12(2)3/h7-8,11-12,14H,5-6,9-10,18H2,1-4H3. The number of aryl methyl sites for hydroxylation is 2. The SMILES string of the molecule is CCCCn1c(C(N)CC(C)C)nc2cc(C)ccc21. The second-order valence-corrected chi connectivity index (χ2v) is 6.20. The highest BCUT2D eigenvalue weighted by Crippen LogP contribution is 2.25. The van der Waals surface area contributed by atoms with Crippen molar-refractivity contribution in [3.63, 3.8) is 0 Å². The predicted octanol–water partition coefficient (Wildman–Crippen LogP) is 4.19. The minimum atomic E-state index is 0.0274. The topological polar surface area (TPSA) is 43.8 Å². The van der Waals surface area contributed by atoms with Crippen LogP contribution in [0, 0.1) is 12.8 Å². The number of aromatic nitrogens is 2. The summed E-state index contributed by atoms with van der Waals surface area (Å²) < 4.78 is 2.32. The average Bonchev–Trinajstić information content (AvgIpc) is 2.73. The first-order valence-electron chi connectivity index (χ1n) is 7.75. The molecule has 0 amide bonds. The van der Waals surface area contributed by atoms with Gasteiger partial charge in [0.25, 0.3) is 0 Å². The third-order valence-electron chi connectivity index (χ3n) is 3.73. The molecule has 0 saturated heterocycles. The zero-order valence-electron chi connectivity index (χ0n) is 13.2. The summed E-state index contributed by atoms with van der Waals surface area (Å²) in [5, 5.41) is 0. The monoisotopic (exact) mass is 273 g/mol. The average molecular weight is 273 g/mol. The van der Waals surface area contributed by atoms with Crippen LogP contribution >= 0.6 is 0 Å². The second kappa shape index (κ2) is 6.40. The smallest absolute Gasteiger partial charge is 0.126 e. The highest BCUT2D eigenvalue weighted by Gasteiger charge is 2.17. The molecule has 1 aromatic carbocycles. The predicted molar refractivity (Wildman–Crippen MR) is 85.8 cm³/mol. The summed E-state index contributed by atoms with van der Waals surface area (Å²) in [4.78, 5) is 4.82.